The molecule has 0 atom stereocenters. The van der Waals surface area contributed by atoms with Gasteiger partial charge in [-0.3, -0.25) is 4.79 Å². The number of pyridine rings is 1. The summed E-state index contributed by atoms with van der Waals surface area (Å²) in [5.74, 6) is 0. The van der Waals surface area contributed by atoms with E-state index in [1.807, 2.05) is 42.6 Å². The molecule has 1 fully saturated rings. The van der Waals surface area contributed by atoms with Crippen molar-refractivity contribution in [2.75, 3.05) is 7.11 Å². The minimum atomic E-state index is -0.107. The molecule has 3 aromatic heterocycles. The number of aromatic nitrogens is 5. The number of nitrogens with zero attached hydrogens (tertiary/aromatic N) is 5. The highest BCUT2D eigenvalue weighted by molar-refractivity contribution is 5.84. The van der Waals surface area contributed by atoms with E-state index in [-0.39, 0.29) is 5.56 Å². The minimum absolute atomic E-state index is 0.107. The summed E-state index contributed by atoms with van der Waals surface area (Å²) >= 11 is 0. The van der Waals surface area contributed by atoms with Gasteiger partial charge in [-0.25, -0.2) is 4.52 Å². The van der Waals surface area contributed by atoms with Crippen LogP contribution in [0.25, 0.3) is 27.8 Å². The minimum Gasteiger partial charge on any atom is -0.378 e. The van der Waals surface area contributed by atoms with E-state index < -0.39 is 0 Å². The summed E-state index contributed by atoms with van der Waals surface area (Å²) in [6.45, 7) is 0.355. The summed E-state index contributed by atoms with van der Waals surface area (Å²) in [6.07, 6.45) is 3.92. The third-order valence-electron chi connectivity index (χ3n) is 4.76. The average molecular weight is 347 g/mol. The molecule has 1 aliphatic carbocycles. The van der Waals surface area contributed by atoms with Crippen molar-refractivity contribution in [2.24, 2.45) is 0 Å². The van der Waals surface area contributed by atoms with Gasteiger partial charge >= 0.3 is 0 Å². The molecule has 4 aromatic rings. The quantitative estimate of drug-likeness (QED) is 0.567. The summed E-state index contributed by atoms with van der Waals surface area (Å²) in [5, 5.41) is 13.3. The summed E-state index contributed by atoms with van der Waals surface area (Å²) in [6, 6.07) is 12.1. The summed E-state index contributed by atoms with van der Waals surface area (Å²) in [5.41, 5.74) is 4.17. The van der Waals surface area contributed by atoms with Gasteiger partial charge < -0.3 is 9.30 Å². The van der Waals surface area contributed by atoms with Crippen LogP contribution in [0, 0.1) is 0 Å². The zero-order valence-corrected chi connectivity index (χ0v) is 14.3. The SMILES string of the molecule is COCc1nn2c(nnc3c(=O)n(C4CC4)ccc32)c1-c1ccccc1. The molecule has 5 rings (SSSR count). The predicted octanol–water partition coefficient (Wildman–Crippen LogP) is 2.59. The van der Waals surface area contributed by atoms with Gasteiger partial charge in [0.15, 0.2) is 11.2 Å². The Labute approximate surface area is 148 Å². The zero-order chi connectivity index (χ0) is 17.7. The molecule has 3 heterocycles. The average Bonchev–Trinajstić information content (AvgIpc) is 3.43. The Bertz CT molecular complexity index is 1180. The predicted molar refractivity (Wildman–Crippen MR) is 97.0 cm³/mol. The molecule has 7 heteroatoms. The van der Waals surface area contributed by atoms with Crippen LogP contribution in [0.5, 0.6) is 0 Å². The molecule has 0 amide bonds. The van der Waals surface area contributed by atoms with Crippen LogP contribution in [-0.2, 0) is 11.3 Å². The van der Waals surface area contributed by atoms with Gasteiger partial charge in [0.05, 0.1) is 17.9 Å². The number of methoxy groups -OCH3 is 1. The van der Waals surface area contributed by atoms with Crippen molar-refractivity contribution in [3.63, 3.8) is 0 Å². The summed E-state index contributed by atoms with van der Waals surface area (Å²) < 4.78 is 8.78. The molecule has 0 N–H and O–H groups in total. The van der Waals surface area contributed by atoms with E-state index in [1.54, 1.807) is 16.2 Å². The van der Waals surface area contributed by atoms with E-state index in [0.29, 0.717) is 29.3 Å². The van der Waals surface area contributed by atoms with Gasteiger partial charge in [-0.05, 0) is 24.5 Å². The Balaban J connectivity index is 1.82. The van der Waals surface area contributed by atoms with Crippen LogP contribution in [0.1, 0.15) is 24.6 Å². The van der Waals surface area contributed by atoms with Crippen molar-refractivity contribution in [2.45, 2.75) is 25.5 Å². The lowest BCUT2D eigenvalue weighted by Gasteiger charge is -2.05. The zero-order valence-electron chi connectivity index (χ0n) is 14.3. The van der Waals surface area contributed by atoms with Crippen molar-refractivity contribution in [1.29, 1.82) is 0 Å². The molecular weight excluding hydrogens is 330 g/mol. The van der Waals surface area contributed by atoms with Gasteiger partial charge in [0.25, 0.3) is 5.56 Å². The Kier molecular flexibility index (Phi) is 3.36. The molecule has 0 bridgehead atoms. The third kappa shape index (κ3) is 2.24. The number of hydrogen-bond donors (Lipinski definition) is 0. The van der Waals surface area contributed by atoms with Crippen LogP contribution in [0.3, 0.4) is 0 Å². The Morgan fingerprint density at radius 2 is 1.96 bits per heavy atom. The normalized spacial score (nSPS) is 14.3. The number of fused-ring (bicyclic) bond motifs is 3. The van der Waals surface area contributed by atoms with E-state index in [9.17, 15) is 4.79 Å². The summed E-state index contributed by atoms with van der Waals surface area (Å²) in [7, 11) is 1.64. The number of benzene rings is 1. The highest BCUT2D eigenvalue weighted by Crippen LogP contribution is 2.34. The molecule has 0 spiro atoms. The topological polar surface area (TPSA) is 74.3 Å². The lowest BCUT2D eigenvalue weighted by atomic mass is 10.1. The maximum atomic E-state index is 12.7. The molecule has 7 nitrogen and oxygen atoms in total. The highest BCUT2D eigenvalue weighted by atomic mass is 16.5. The molecule has 26 heavy (non-hydrogen) atoms. The van der Waals surface area contributed by atoms with Gasteiger partial charge in [0, 0.05) is 19.3 Å². The van der Waals surface area contributed by atoms with Gasteiger partial charge in [0.2, 0.25) is 0 Å². The maximum absolute atomic E-state index is 12.7. The Morgan fingerprint density at radius 3 is 2.69 bits per heavy atom. The monoisotopic (exact) mass is 347 g/mol. The molecule has 130 valence electrons. The fraction of sp³-hybridized carbons (Fsp3) is 0.263. The largest absolute Gasteiger partial charge is 0.378 e. The second-order valence-corrected chi connectivity index (χ2v) is 6.55. The lowest BCUT2D eigenvalue weighted by Crippen LogP contribution is -2.20. The first-order valence-electron chi connectivity index (χ1n) is 8.61. The summed E-state index contributed by atoms with van der Waals surface area (Å²) in [4.78, 5) is 12.7. The van der Waals surface area contributed by atoms with Gasteiger partial charge in [-0.1, -0.05) is 30.3 Å². The lowest BCUT2D eigenvalue weighted by molar-refractivity contribution is 0.181. The highest BCUT2D eigenvalue weighted by Gasteiger charge is 2.26. The molecule has 1 saturated carbocycles. The van der Waals surface area contributed by atoms with E-state index in [0.717, 1.165) is 29.7 Å². The second kappa shape index (κ2) is 5.74. The van der Waals surface area contributed by atoms with Crippen LogP contribution in [-0.4, -0.2) is 31.5 Å². The van der Waals surface area contributed by atoms with E-state index >= 15 is 0 Å². The van der Waals surface area contributed by atoms with E-state index in [1.165, 1.54) is 0 Å². The van der Waals surface area contributed by atoms with E-state index in [4.69, 9.17) is 4.74 Å². The Morgan fingerprint density at radius 1 is 1.15 bits per heavy atom. The van der Waals surface area contributed by atoms with Crippen LogP contribution < -0.4 is 5.56 Å². The van der Waals surface area contributed by atoms with Crippen molar-refractivity contribution in [3.05, 3.63) is 58.6 Å². The fourth-order valence-corrected chi connectivity index (χ4v) is 3.38. The maximum Gasteiger partial charge on any atom is 0.280 e. The first-order valence-corrected chi connectivity index (χ1v) is 8.61. The Hall–Kier alpha value is -3.06. The van der Waals surface area contributed by atoms with Gasteiger partial charge in [0.1, 0.15) is 5.52 Å². The van der Waals surface area contributed by atoms with Crippen molar-refractivity contribution >= 4 is 16.7 Å². The molecule has 0 aliphatic heterocycles. The number of rotatable bonds is 4. The van der Waals surface area contributed by atoms with Crippen molar-refractivity contribution < 1.29 is 4.74 Å². The molecule has 0 unspecified atom stereocenters. The third-order valence-corrected chi connectivity index (χ3v) is 4.76. The van der Waals surface area contributed by atoms with Crippen LogP contribution in [0.15, 0.2) is 47.4 Å². The van der Waals surface area contributed by atoms with E-state index in [2.05, 4.69) is 15.3 Å². The smallest absolute Gasteiger partial charge is 0.280 e. The first-order chi connectivity index (χ1) is 12.8. The second-order valence-electron chi connectivity index (χ2n) is 6.55. The fourth-order valence-electron chi connectivity index (χ4n) is 3.38. The first kappa shape index (κ1) is 15.2. The van der Waals surface area contributed by atoms with Gasteiger partial charge in [-0.2, -0.15) is 5.10 Å². The standard InChI is InChI=1S/C19H17N5O2/c1-26-11-14-16(12-5-3-2-4-6-12)18-21-20-17-15(24(18)22-14)9-10-23(19(17)25)13-7-8-13/h2-6,9-10,13H,7-8,11H2,1H3. The molecule has 1 aliphatic rings. The number of ether oxygens (including phenoxy) is 1. The molecular formula is C19H17N5O2. The van der Waals surface area contributed by atoms with Crippen LogP contribution in [0.2, 0.25) is 0 Å². The van der Waals surface area contributed by atoms with Gasteiger partial charge in [-0.15, -0.1) is 10.2 Å². The number of hydrogen-bond acceptors (Lipinski definition) is 5. The molecule has 1 aromatic carbocycles. The van der Waals surface area contributed by atoms with Crippen molar-refractivity contribution in [1.82, 2.24) is 24.4 Å². The van der Waals surface area contributed by atoms with Crippen LogP contribution >= 0.6 is 0 Å². The molecule has 0 radical (unpaired) electrons. The van der Waals surface area contributed by atoms with Crippen molar-refractivity contribution in [3.8, 4) is 11.1 Å². The van der Waals surface area contributed by atoms with Crippen LogP contribution in [0.4, 0.5) is 0 Å². The molecule has 0 saturated heterocycles.